The maximum absolute atomic E-state index is 14.7. The number of benzene rings is 3. The Morgan fingerprint density at radius 3 is 1.76 bits per heavy atom. The van der Waals surface area contributed by atoms with E-state index >= 15 is 0 Å². The van der Waals surface area contributed by atoms with Crippen molar-refractivity contribution in [1.29, 1.82) is 0 Å². The number of alkyl halides is 5. The van der Waals surface area contributed by atoms with Gasteiger partial charge in [0.15, 0.2) is 0 Å². The Balaban J connectivity index is 1.88. The first-order chi connectivity index (χ1) is 21.5. The summed E-state index contributed by atoms with van der Waals surface area (Å²) in [6, 6.07) is 18.0. The van der Waals surface area contributed by atoms with E-state index in [2.05, 4.69) is 10.6 Å². The molecule has 0 aliphatic heterocycles. The molecule has 3 aromatic carbocycles. The Bertz CT molecular complexity index is 1520. The van der Waals surface area contributed by atoms with Crippen LogP contribution in [0.4, 0.5) is 22.0 Å². The molecule has 3 rings (SSSR count). The van der Waals surface area contributed by atoms with Gasteiger partial charge in [0.25, 0.3) is 5.91 Å². The number of Topliss-reactive ketones (excluding diaryl/α,β-unsaturated/α-hetero) is 1. The van der Waals surface area contributed by atoms with Gasteiger partial charge >= 0.3 is 12.1 Å². The van der Waals surface area contributed by atoms with Crippen molar-refractivity contribution in [2.45, 2.75) is 50.4 Å². The van der Waals surface area contributed by atoms with Crippen molar-refractivity contribution < 1.29 is 41.1 Å². The van der Waals surface area contributed by atoms with Gasteiger partial charge < -0.3 is 16.0 Å². The van der Waals surface area contributed by atoms with E-state index in [1.807, 2.05) is 0 Å². The normalized spacial score (nSPS) is 13.8. The van der Waals surface area contributed by atoms with Crippen molar-refractivity contribution in [3.8, 4) is 0 Å². The molecule has 0 saturated heterocycles. The Hall–Kier alpha value is -4.03. The number of amides is 3. The lowest BCUT2D eigenvalue weighted by Gasteiger charge is -2.28. The van der Waals surface area contributed by atoms with Crippen LogP contribution in [-0.2, 0) is 19.2 Å². The first kappa shape index (κ1) is 36.4. The number of hydrogen-bond acceptors (Lipinski definition) is 4. The topological polar surface area (TPSA) is 104 Å². The highest BCUT2D eigenvalue weighted by Crippen LogP contribution is 2.32. The molecule has 7 nitrogen and oxygen atoms in total. The lowest BCUT2D eigenvalue weighted by Crippen LogP contribution is -2.58. The summed E-state index contributed by atoms with van der Waals surface area (Å²) in [4.78, 5) is 51.7. The molecule has 0 heterocycles. The van der Waals surface area contributed by atoms with Gasteiger partial charge in [-0.05, 0) is 40.8 Å². The van der Waals surface area contributed by atoms with Gasteiger partial charge in [-0.3, -0.25) is 19.2 Å². The fourth-order valence-corrected chi connectivity index (χ4v) is 5.15. The average molecular weight is 687 g/mol. The molecule has 3 N–H and O–H groups in total. The standard InChI is InChI=1S/C32H30Cl2F5N3O4/c1-18(2)26(28(44)32(38,39)30(46)40-17-31(35,36)37)42-29(45)27(20-11-7-4-8-12-20)41-25(43)16-24(19-9-5-3-6-10-19)21-13-22(33)15-23(34)14-21/h3-15,18,24,26-27H,16-17H2,1-2H3,(H,40,46)(H,41,43)(H,42,45)/t24-,26+,27+/m1/s1. The summed E-state index contributed by atoms with van der Waals surface area (Å²) in [5, 5.41) is 6.42. The lowest BCUT2D eigenvalue weighted by atomic mass is 9.88. The van der Waals surface area contributed by atoms with Crippen LogP contribution in [0, 0.1) is 5.92 Å². The smallest absolute Gasteiger partial charge is 0.344 e. The first-order valence-corrected chi connectivity index (χ1v) is 14.7. The third-order valence-electron chi connectivity index (χ3n) is 6.87. The number of carbonyl (C=O) groups is 4. The van der Waals surface area contributed by atoms with Gasteiger partial charge in [0.1, 0.15) is 12.6 Å². The van der Waals surface area contributed by atoms with Crippen LogP contribution in [-0.4, -0.2) is 48.2 Å². The minimum Gasteiger partial charge on any atom is -0.344 e. The van der Waals surface area contributed by atoms with Gasteiger partial charge in [0, 0.05) is 22.4 Å². The highest BCUT2D eigenvalue weighted by atomic mass is 35.5. The zero-order chi connectivity index (χ0) is 34.2. The van der Waals surface area contributed by atoms with E-state index in [-0.39, 0.29) is 12.0 Å². The molecule has 0 radical (unpaired) electrons. The number of rotatable bonds is 13. The number of hydrogen-bond donors (Lipinski definition) is 3. The Morgan fingerprint density at radius 2 is 1.26 bits per heavy atom. The summed E-state index contributed by atoms with van der Waals surface area (Å²) in [6.45, 7) is 0.507. The SMILES string of the molecule is CC(C)[C@H](NC(=O)[C@@H](NC(=O)C[C@H](c1ccccc1)c1cc(Cl)cc(Cl)c1)c1ccccc1)C(=O)C(F)(F)C(=O)NCC(F)(F)F. The van der Waals surface area contributed by atoms with Gasteiger partial charge in [-0.2, -0.15) is 22.0 Å². The van der Waals surface area contributed by atoms with E-state index in [0.29, 0.717) is 15.6 Å². The first-order valence-electron chi connectivity index (χ1n) is 13.9. The van der Waals surface area contributed by atoms with Crippen molar-refractivity contribution >= 4 is 46.7 Å². The van der Waals surface area contributed by atoms with Gasteiger partial charge in [0.2, 0.25) is 17.6 Å². The summed E-state index contributed by atoms with van der Waals surface area (Å²) >= 11 is 12.4. The van der Waals surface area contributed by atoms with Gasteiger partial charge in [-0.1, -0.05) is 97.7 Å². The molecule has 0 fully saturated rings. The second-order valence-corrected chi connectivity index (χ2v) is 11.6. The molecule has 14 heteroatoms. The van der Waals surface area contributed by atoms with Gasteiger partial charge in [0.05, 0.1) is 6.04 Å². The van der Waals surface area contributed by atoms with E-state index in [1.54, 1.807) is 60.7 Å². The van der Waals surface area contributed by atoms with E-state index < -0.39 is 66.1 Å². The molecule has 3 amide bonds. The Morgan fingerprint density at radius 1 is 0.739 bits per heavy atom. The van der Waals surface area contributed by atoms with E-state index in [1.165, 1.54) is 32.0 Å². The van der Waals surface area contributed by atoms with Gasteiger partial charge in [-0.25, -0.2) is 0 Å². The van der Waals surface area contributed by atoms with Crippen molar-refractivity contribution in [3.63, 3.8) is 0 Å². The largest absolute Gasteiger partial charge is 0.405 e. The van der Waals surface area contributed by atoms with E-state index in [9.17, 15) is 41.1 Å². The van der Waals surface area contributed by atoms with Crippen molar-refractivity contribution in [2.75, 3.05) is 6.54 Å². The summed E-state index contributed by atoms with van der Waals surface area (Å²) in [6.07, 6.45) is -5.21. The van der Waals surface area contributed by atoms with Crippen LogP contribution in [0.3, 0.4) is 0 Å². The monoisotopic (exact) mass is 685 g/mol. The number of halogens is 7. The minimum absolute atomic E-state index is 0.207. The molecule has 3 atom stereocenters. The lowest BCUT2D eigenvalue weighted by molar-refractivity contribution is -0.165. The summed E-state index contributed by atoms with van der Waals surface area (Å²) in [5.74, 6) is -12.8. The zero-order valence-electron chi connectivity index (χ0n) is 24.5. The van der Waals surface area contributed by atoms with E-state index in [0.717, 1.165) is 10.9 Å². The summed E-state index contributed by atoms with van der Waals surface area (Å²) < 4.78 is 66.9. The predicted molar refractivity (Wildman–Crippen MR) is 162 cm³/mol. The maximum Gasteiger partial charge on any atom is 0.405 e. The second kappa shape index (κ2) is 15.5. The maximum atomic E-state index is 14.7. The Labute approximate surface area is 271 Å². The quantitative estimate of drug-likeness (QED) is 0.143. The third kappa shape index (κ3) is 9.98. The van der Waals surface area contributed by atoms with Crippen LogP contribution in [0.15, 0.2) is 78.9 Å². The molecule has 3 aromatic rings. The molecule has 0 aliphatic carbocycles. The predicted octanol–water partition coefficient (Wildman–Crippen LogP) is 6.40. The average Bonchev–Trinajstić information content (AvgIpc) is 2.99. The Kier molecular flexibility index (Phi) is 12.3. The van der Waals surface area contributed by atoms with Crippen molar-refractivity contribution in [1.82, 2.24) is 16.0 Å². The fraction of sp³-hybridized carbons (Fsp3) is 0.312. The molecule has 246 valence electrons. The third-order valence-corrected chi connectivity index (χ3v) is 7.31. The zero-order valence-corrected chi connectivity index (χ0v) is 26.0. The van der Waals surface area contributed by atoms with Crippen LogP contribution >= 0.6 is 23.2 Å². The molecule has 46 heavy (non-hydrogen) atoms. The number of ketones is 1. The van der Waals surface area contributed by atoms with Crippen LogP contribution in [0.5, 0.6) is 0 Å². The molecule has 0 spiro atoms. The van der Waals surface area contributed by atoms with Crippen LogP contribution < -0.4 is 16.0 Å². The molecule has 0 aliphatic rings. The molecule has 0 aromatic heterocycles. The molecule has 0 bridgehead atoms. The van der Waals surface area contributed by atoms with Crippen LogP contribution in [0.2, 0.25) is 10.0 Å². The highest BCUT2D eigenvalue weighted by Gasteiger charge is 2.52. The van der Waals surface area contributed by atoms with E-state index in [4.69, 9.17) is 23.2 Å². The molecule has 0 unspecified atom stereocenters. The minimum atomic E-state index is -5.00. The molecular weight excluding hydrogens is 656 g/mol. The number of carbonyl (C=O) groups excluding carboxylic acids is 4. The highest BCUT2D eigenvalue weighted by molar-refractivity contribution is 6.34. The number of nitrogens with one attached hydrogen (secondary N) is 3. The van der Waals surface area contributed by atoms with Gasteiger partial charge in [-0.15, -0.1) is 0 Å². The molecule has 0 saturated carbocycles. The van der Waals surface area contributed by atoms with Crippen molar-refractivity contribution in [2.24, 2.45) is 5.92 Å². The fourth-order valence-electron chi connectivity index (χ4n) is 4.61. The van der Waals surface area contributed by atoms with Crippen LogP contribution in [0.25, 0.3) is 0 Å². The summed E-state index contributed by atoms with van der Waals surface area (Å²) in [7, 11) is 0. The van der Waals surface area contributed by atoms with Crippen LogP contribution in [0.1, 0.15) is 48.9 Å². The summed E-state index contributed by atoms with van der Waals surface area (Å²) in [5.41, 5.74) is 1.57. The second-order valence-electron chi connectivity index (χ2n) is 10.7. The van der Waals surface area contributed by atoms with Crippen molar-refractivity contribution in [3.05, 3.63) is 106 Å². The molecular formula is C32H30Cl2F5N3O4.